The van der Waals surface area contributed by atoms with Crippen molar-refractivity contribution in [1.29, 1.82) is 0 Å². The summed E-state index contributed by atoms with van der Waals surface area (Å²) in [6.45, 7) is 1.75. The quantitative estimate of drug-likeness (QED) is 0.576. The van der Waals surface area contributed by atoms with Crippen molar-refractivity contribution in [2.75, 3.05) is 19.0 Å². The lowest BCUT2D eigenvalue weighted by atomic mass is 10.2. The number of ether oxygens (including phenoxy) is 1. The lowest BCUT2D eigenvalue weighted by Crippen LogP contribution is -2.19. The minimum Gasteiger partial charge on any atom is -0.381 e. The second-order valence-electron chi connectivity index (χ2n) is 4.29. The molecule has 0 aliphatic heterocycles. The molecule has 9 heteroatoms. The molecule has 2 rings (SSSR count). The van der Waals surface area contributed by atoms with Gasteiger partial charge in [0.25, 0.3) is 0 Å². The van der Waals surface area contributed by atoms with Crippen molar-refractivity contribution >= 4 is 11.8 Å². The molecule has 0 aliphatic rings. The Hall–Kier alpha value is -1.61. The minimum absolute atomic E-state index is 0.179. The third kappa shape index (κ3) is 4.70. The van der Waals surface area contributed by atoms with E-state index in [1.165, 1.54) is 24.2 Å². The van der Waals surface area contributed by atoms with Gasteiger partial charge >= 0.3 is 6.18 Å². The molecule has 120 valence electrons. The van der Waals surface area contributed by atoms with Gasteiger partial charge in [-0.25, -0.2) is 0 Å². The van der Waals surface area contributed by atoms with Gasteiger partial charge in [-0.3, -0.25) is 9.55 Å². The zero-order valence-electron chi connectivity index (χ0n) is 11.9. The number of halogens is 3. The Balaban J connectivity index is 2.24. The maximum absolute atomic E-state index is 12.8. The second-order valence-corrected chi connectivity index (χ2v) is 5.35. The van der Waals surface area contributed by atoms with Crippen LogP contribution in [0.2, 0.25) is 0 Å². The standard InChI is InChI=1S/C13H15F3N4OS/c1-2-21-7-8-22-12-19-18-11(10-3-5-17-6-4-10)20(12)9-13(14,15)16/h3-6H,2,7-9H2,1H3. The van der Waals surface area contributed by atoms with Gasteiger partial charge in [0, 0.05) is 30.3 Å². The average molecular weight is 332 g/mol. The molecule has 2 aromatic heterocycles. The molecule has 0 spiro atoms. The van der Waals surface area contributed by atoms with Crippen molar-refractivity contribution in [3.05, 3.63) is 24.5 Å². The van der Waals surface area contributed by atoms with Gasteiger partial charge in [0.2, 0.25) is 0 Å². The van der Waals surface area contributed by atoms with Crippen molar-refractivity contribution in [2.45, 2.75) is 24.8 Å². The molecule has 0 saturated carbocycles. The SMILES string of the molecule is CCOCCSc1nnc(-c2ccncc2)n1CC(F)(F)F. The Kier molecular flexibility index (Phi) is 5.78. The lowest BCUT2D eigenvalue weighted by Gasteiger charge is -2.12. The van der Waals surface area contributed by atoms with Crippen molar-refractivity contribution in [1.82, 2.24) is 19.7 Å². The van der Waals surface area contributed by atoms with Crippen LogP contribution < -0.4 is 0 Å². The highest BCUT2D eigenvalue weighted by molar-refractivity contribution is 7.99. The molecule has 0 aromatic carbocycles. The summed E-state index contributed by atoms with van der Waals surface area (Å²) in [5, 5.41) is 7.99. The van der Waals surface area contributed by atoms with Crippen molar-refractivity contribution < 1.29 is 17.9 Å². The molecule has 0 radical (unpaired) electrons. The Morgan fingerprint density at radius 3 is 2.59 bits per heavy atom. The molecule has 22 heavy (non-hydrogen) atoms. The van der Waals surface area contributed by atoms with Crippen LogP contribution in [-0.2, 0) is 11.3 Å². The van der Waals surface area contributed by atoms with Crippen LogP contribution in [0.4, 0.5) is 13.2 Å². The molecule has 2 heterocycles. The molecule has 0 atom stereocenters. The van der Waals surface area contributed by atoms with Crippen molar-refractivity contribution in [2.24, 2.45) is 0 Å². The van der Waals surface area contributed by atoms with Crippen LogP contribution in [0.3, 0.4) is 0 Å². The van der Waals surface area contributed by atoms with E-state index in [-0.39, 0.29) is 11.0 Å². The summed E-state index contributed by atoms with van der Waals surface area (Å²) < 4.78 is 44.7. The van der Waals surface area contributed by atoms with Crippen molar-refractivity contribution in [3.8, 4) is 11.4 Å². The number of alkyl halides is 3. The molecule has 0 amide bonds. The summed E-state index contributed by atoms with van der Waals surface area (Å²) in [4.78, 5) is 3.85. The predicted molar refractivity (Wildman–Crippen MR) is 76.5 cm³/mol. The van der Waals surface area contributed by atoms with Crippen molar-refractivity contribution in [3.63, 3.8) is 0 Å². The number of hydrogen-bond acceptors (Lipinski definition) is 5. The maximum Gasteiger partial charge on any atom is 0.406 e. The van der Waals surface area contributed by atoms with Gasteiger partial charge in [-0.1, -0.05) is 11.8 Å². The minimum atomic E-state index is -4.35. The van der Waals surface area contributed by atoms with Crippen LogP contribution in [-0.4, -0.2) is 44.9 Å². The highest BCUT2D eigenvalue weighted by Gasteiger charge is 2.31. The topological polar surface area (TPSA) is 52.8 Å². The van der Waals surface area contributed by atoms with Crippen LogP contribution in [0.1, 0.15) is 6.92 Å². The number of pyridine rings is 1. The van der Waals surface area contributed by atoms with E-state index in [0.717, 1.165) is 4.57 Å². The van der Waals surface area contributed by atoms with E-state index in [1.807, 2.05) is 6.92 Å². The second kappa shape index (κ2) is 7.59. The Bertz CT molecular complexity index is 589. The largest absolute Gasteiger partial charge is 0.406 e. The number of thioether (sulfide) groups is 1. The van der Waals surface area contributed by atoms with E-state index in [4.69, 9.17) is 4.74 Å². The summed E-state index contributed by atoms with van der Waals surface area (Å²) in [6, 6.07) is 3.21. The number of nitrogens with zero attached hydrogens (tertiary/aromatic N) is 4. The molecule has 0 saturated heterocycles. The fourth-order valence-corrected chi connectivity index (χ4v) is 2.56. The first-order valence-corrected chi connectivity index (χ1v) is 7.60. The van der Waals surface area contributed by atoms with Gasteiger partial charge in [0.05, 0.1) is 6.61 Å². The Morgan fingerprint density at radius 2 is 1.95 bits per heavy atom. The zero-order chi connectivity index (χ0) is 16.0. The third-order valence-electron chi connectivity index (χ3n) is 2.66. The highest BCUT2D eigenvalue weighted by atomic mass is 32.2. The van der Waals surface area contributed by atoms with Crippen LogP contribution in [0, 0.1) is 0 Å². The third-order valence-corrected chi connectivity index (χ3v) is 3.59. The summed E-state index contributed by atoms with van der Waals surface area (Å²) in [5.74, 6) is 0.693. The Morgan fingerprint density at radius 1 is 1.23 bits per heavy atom. The van der Waals surface area contributed by atoms with E-state index < -0.39 is 12.7 Å². The summed E-state index contributed by atoms with van der Waals surface area (Å²) in [6.07, 6.45) is -1.34. The molecule has 0 N–H and O–H groups in total. The maximum atomic E-state index is 12.8. The lowest BCUT2D eigenvalue weighted by molar-refractivity contribution is -0.141. The van der Waals surface area contributed by atoms with Crippen LogP contribution in [0.25, 0.3) is 11.4 Å². The van der Waals surface area contributed by atoms with Crippen LogP contribution in [0.5, 0.6) is 0 Å². The predicted octanol–water partition coefficient (Wildman–Crippen LogP) is 3.03. The summed E-state index contributed by atoms with van der Waals surface area (Å²) >= 11 is 1.19. The van der Waals surface area contributed by atoms with E-state index in [2.05, 4.69) is 15.2 Å². The van der Waals surface area contributed by atoms with Gasteiger partial charge in [0.1, 0.15) is 6.54 Å². The number of aromatic nitrogens is 4. The summed E-state index contributed by atoms with van der Waals surface area (Å²) in [7, 11) is 0. The molecular weight excluding hydrogens is 317 g/mol. The molecule has 5 nitrogen and oxygen atoms in total. The van der Waals surface area contributed by atoms with E-state index in [9.17, 15) is 13.2 Å². The molecule has 0 fully saturated rings. The first-order valence-electron chi connectivity index (χ1n) is 6.62. The molecule has 0 bridgehead atoms. The zero-order valence-corrected chi connectivity index (χ0v) is 12.7. The van der Waals surface area contributed by atoms with Gasteiger partial charge in [-0.05, 0) is 19.1 Å². The monoisotopic (exact) mass is 332 g/mol. The van der Waals surface area contributed by atoms with Gasteiger partial charge in [-0.2, -0.15) is 13.2 Å². The van der Waals surface area contributed by atoms with E-state index in [0.29, 0.717) is 24.5 Å². The van der Waals surface area contributed by atoms with Gasteiger partial charge in [0.15, 0.2) is 11.0 Å². The smallest absolute Gasteiger partial charge is 0.381 e. The van der Waals surface area contributed by atoms with E-state index >= 15 is 0 Å². The Labute approximate surface area is 129 Å². The average Bonchev–Trinajstić information content (AvgIpc) is 2.85. The first-order chi connectivity index (χ1) is 10.5. The number of rotatable bonds is 7. The van der Waals surface area contributed by atoms with E-state index in [1.54, 1.807) is 12.1 Å². The molecule has 0 unspecified atom stereocenters. The van der Waals surface area contributed by atoms with Crippen LogP contribution in [0.15, 0.2) is 29.7 Å². The van der Waals surface area contributed by atoms with Gasteiger partial charge in [-0.15, -0.1) is 10.2 Å². The normalized spacial score (nSPS) is 11.8. The fraction of sp³-hybridized carbons (Fsp3) is 0.462. The first kappa shape index (κ1) is 16.8. The highest BCUT2D eigenvalue weighted by Crippen LogP contribution is 2.28. The fourth-order valence-electron chi connectivity index (χ4n) is 1.77. The number of hydrogen-bond donors (Lipinski definition) is 0. The van der Waals surface area contributed by atoms with Gasteiger partial charge < -0.3 is 4.74 Å². The summed E-state index contributed by atoms with van der Waals surface area (Å²) in [5.41, 5.74) is 0.545. The van der Waals surface area contributed by atoms with Crippen LogP contribution >= 0.6 is 11.8 Å². The molecule has 0 aliphatic carbocycles. The molecule has 2 aromatic rings. The molecular formula is C13H15F3N4OS.